The third-order valence-corrected chi connectivity index (χ3v) is 3.66. The number of rotatable bonds is 4. The lowest BCUT2D eigenvalue weighted by Crippen LogP contribution is -2.25. The van der Waals surface area contributed by atoms with Crippen LogP contribution in [0, 0.1) is 0 Å². The van der Waals surface area contributed by atoms with Gasteiger partial charge >= 0.3 is 0 Å². The normalized spacial score (nSPS) is 13.8. The average Bonchev–Trinajstić information content (AvgIpc) is 3.27. The Kier molecular flexibility index (Phi) is 4.07. The van der Waals surface area contributed by atoms with Crippen LogP contribution in [-0.2, 0) is 0 Å². The number of para-hydroxylation sites is 1. The highest BCUT2D eigenvalue weighted by molar-refractivity contribution is 9.10. The van der Waals surface area contributed by atoms with E-state index in [9.17, 15) is 4.79 Å². The molecule has 1 heterocycles. The van der Waals surface area contributed by atoms with E-state index in [0.29, 0.717) is 15.8 Å². The van der Waals surface area contributed by atoms with Crippen molar-refractivity contribution >= 4 is 33.4 Å². The van der Waals surface area contributed by atoms with Crippen molar-refractivity contribution in [2.24, 2.45) is 0 Å². The molecule has 1 fully saturated rings. The van der Waals surface area contributed by atoms with Crippen molar-refractivity contribution in [3.8, 4) is 11.6 Å². The number of hydrogen-bond acceptors (Lipinski definition) is 4. The van der Waals surface area contributed by atoms with Gasteiger partial charge in [-0.1, -0.05) is 12.1 Å². The third-order valence-electron chi connectivity index (χ3n) is 2.93. The van der Waals surface area contributed by atoms with E-state index in [1.165, 1.54) is 6.20 Å². The van der Waals surface area contributed by atoms with Crippen molar-refractivity contribution in [3.63, 3.8) is 0 Å². The van der Waals surface area contributed by atoms with Crippen LogP contribution in [-0.4, -0.2) is 21.9 Å². The third kappa shape index (κ3) is 3.51. The lowest BCUT2D eigenvalue weighted by molar-refractivity contribution is 0.0948. The summed E-state index contributed by atoms with van der Waals surface area (Å²) in [5.41, 5.74) is 0.464. The first-order valence-corrected chi connectivity index (χ1v) is 7.56. The number of ether oxygens (including phenoxy) is 1. The van der Waals surface area contributed by atoms with E-state index in [4.69, 9.17) is 16.3 Å². The largest absolute Gasteiger partial charge is 0.437 e. The second kappa shape index (κ2) is 5.99. The van der Waals surface area contributed by atoms with Crippen LogP contribution in [0.4, 0.5) is 0 Å². The molecule has 0 saturated heterocycles. The Morgan fingerprint density at radius 2 is 2.14 bits per heavy atom. The zero-order valence-electron chi connectivity index (χ0n) is 10.8. The van der Waals surface area contributed by atoms with Crippen LogP contribution in [0.1, 0.15) is 23.2 Å². The van der Waals surface area contributed by atoms with Crippen molar-refractivity contribution < 1.29 is 9.53 Å². The van der Waals surface area contributed by atoms with E-state index in [-0.39, 0.29) is 23.1 Å². The quantitative estimate of drug-likeness (QED) is 0.838. The van der Waals surface area contributed by atoms with Crippen molar-refractivity contribution in [2.45, 2.75) is 18.9 Å². The summed E-state index contributed by atoms with van der Waals surface area (Å²) in [6.07, 6.45) is 3.56. The van der Waals surface area contributed by atoms with Crippen molar-refractivity contribution in [2.75, 3.05) is 0 Å². The lowest BCUT2D eigenvalue weighted by Gasteiger charge is -2.11. The molecule has 1 aliphatic rings. The van der Waals surface area contributed by atoms with E-state index >= 15 is 0 Å². The number of halogens is 2. The number of nitrogens with zero attached hydrogens (tertiary/aromatic N) is 2. The number of aromatic nitrogens is 2. The molecule has 1 saturated carbocycles. The molecule has 0 unspecified atom stereocenters. The van der Waals surface area contributed by atoms with Gasteiger partial charge in [0.1, 0.15) is 5.75 Å². The van der Waals surface area contributed by atoms with Crippen molar-refractivity contribution in [3.05, 3.63) is 45.8 Å². The van der Waals surface area contributed by atoms with E-state index in [2.05, 4.69) is 31.2 Å². The molecule has 1 N–H and O–H groups in total. The smallest absolute Gasteiger partial charge is 0.255 e. The number of carbonyl (C=O) groups is 1. The second-order valence-corrected chi connectivity index (χ2v) is 5.83. The second-order valence-electron chi connectivity index (χ2n) is 4.64. The zero-order valence-corrected chi connectivity index (χ0v) is 13.2. The Morgan fingerprint density at radius 1 is 1.38 bits per heavy atom. The Bertz CT molecular complexity index is 692. The van der Waals surface area contributed by atoms with Crippen LogP contribution in [0.2, 0.25) is 5.28 Å². The van der Waals surface area contributed by atoms with Gasteiger partial charge < -0.3 is 10.1 Å². The van der Waals surface area contributed by atoms with Crippen molar-refractivity contribution in [1.29, 1.82) is 0 Å². The standard InChI is InChI=1S/C14H11BrClN3O2/c15-10-7-17-14(16)19-13(10)21-11-4-2-1-3-9(11)12(20)18-8-5-6-8/h1-4,7-8H,5-6H2,(H,18,20). The van der Waals surface area contributed by atoms with Gasteiger partial charge in [0.25, 0.3) is 5.91 Å². The summed E-state index contributed by atoms with van der Waals surface area (Å²) in [4.78, 5) is 20.0. The number of amides is 1. The maximum Gasteiger partial charge on any atom is 0.255 e. The molecule has 0 spiro atoms. The number of benzene rings is 1. The summed E-state index contributed by atoms with van der Waals surface area (Å²) < 4.78 is 6.26. The number of hydrogen-bond donors (Lipinski definition) is 1. The lowest BCUT2D eigenvalue weighted by atomic mass is 10.2. The number of nitrogens with one attached hydrogen (secondary N) is 1. The van der Waals surface area contributed by atoms with Gasteiger partial charge in [0.15, 0.2) is 0 Å². The van der Waals surface area contributed by atoms with Crippen LogP contribution in [0.3, 0.4) is 0 Å². The van der Waals surface area contributed by atoms with Crippen LogP contribution in [0.25, 0.3) is 0 Å². The molecule has 0 radical (unpaired) electrons. The first-order valence-electron chi connectivity index (χ1n) is 6.39. The zero-order chi connectivity index (χ0) is 14.8. The molecule has 0 atom stereocenters. The Morgan fingerprint density at radius 3 is 2.90 bits per heavy atom. The molecule has 7 heteroatoms. The number of carbonyl (C=O) groups excluding carboxylic acids is 1. The molecule has 1 amide bonds. The van der Waals surface area contributed by atoms with Gasteiger partial charge in [0.2, 0.25) is 11.2 Å². The van der Waals surface area contributed by atoms with Gasteiger partial charge in [-0.2, -0.15) is 4.98 Å². The summed E-state index contributed by atoms with van der Waals surface area (Å²) in [6.45, 7) is 0. The molecule has 1 aromatic carbocycles. The molecular formula is C14H11BrClN3O2. The van der Waals surface area contributed by atoms with E-state index in [1.807, 2.05) is 0 Å². The molecule has 5 nitrogen and oxygen atoms in total. The molecule has 3 rings (SSSR count). The highest BCUT2D eigenvalue weighted by Gasteiger charge is 2.25. The van der Waals surface area contributed by atoms with Crippen LogP contribution in [0.5, 0.6) is 11.6 Å². The minimum absolute atomic E-state index is 0.0770. The first-order chi connectivity index (χ1) is 10.1. The molecular weight excluding hydrogens is 358 g/mol. The highest BCUT2D eigenvalue weighted by atomic mass is 79.9. The van der Waals surface area contributed by atoms with Gasteiger partial charge in [-0.05, 0) is 52.5 Å². The van der Waals surface area contributed by atoms with Gasteiger partial charge in [-0.3, -0.25) is 4.79 Å². The fraction of sp³-hybridized carbons (Fsp3) is 0.214. The summed E-state index contributed by atoms with van der Waals surface area (Å²) >= 11 is 9.05. The molecule has 108 valence electrons. The van der Waals surface area contributed by atoms with Crippen molar-refractivity contribution in [1.82, 2.24) is 15.3 Å². The van der Waals surface area contributed by atoms with Gasteiger partial charge in [-0.15, -0.1) is 0 Å². The molecule has 0 aliphatic heterocycles. The monoisotopic (exact) mass is 367 g/mol. The summed E-state index contributed by atoms with van der Waals surface area (Å²) in [6, 6.07) is 7.29. The maximum atomic E-state index is 12.2. The molecule has 1 aliphatic carbocycles. The highest BCUT2D eigenvalue weighted by Crippen LogP contribution is 2.30. The Labute approximate surface area is 134 Å². The van der Waals surface area contributed by atoms with Gasteiger partial charge in [0, 0.05) is 12.2 Å². The molecule has 2 aromatic rings. The van der Waals surface area contributed by atoms with E-state index in [1.54, 1.807) is 24.3 Å². The summed E-state index contributed by atoms with van der Waals surface area (Å²) in [7, 11) is 0. The predicted octanol–water partition coefficient (Wildman–Crippen LogP) is 3.58. The van der Waals surface area contributed by atoms with Gasteiger partial charge in [-0.25, -0.2) is 4.98 Å². The van der Waals surface area contributed by atoms with Crippen LogP contribution in [0.15, 0.2) is 34.9 Å². The Balaban J connectivity index is 1.87. The molecule has 21 heavy (non-hydrogen) atoms. The first kappa shape index (κ1) is 14.3. The van der Waals surface area contributed by atoms with Crippen LogP contribution < -0.4 is 10.1 Å². The minimum atomic E-state index is -0.149. The van der Waals surface area contributed by atoms with Gasteiger partial charge in [0.05, 0.1) is 10.0 Å². The van der Waals surface area contributed by atoms with E-state index < -0.39 is 0 Å². The van der Waals surface area contributed by atoms with E-state index in [0.717, 1.165) is 12.8 Å². The fourth-order valence-corrected chi connectivity index (χ4v) is 2.14. The molecule has 0 bridgehead atoms. The van der Waals surface area contributed by atoms with Crippen LogP contribution >= 0.6 is 27.5 Å². The minimum Gasteiger partial charge on any atom is -0.437 e. The average molecular weight is 369 g/mol. The summed E-state index contributed by atoms with van der Waals surface area (Å²) in [5.74, 6) is 0.539. The summed E-state index contributed by atoms with van der Waals surface area (Å²) in [5, 5.41) is 3.01. The predicted molar refractivity (Wildman–Crippen MR) is 81.7 cm³/mol. The maximum absolute atomic E-state index is 12.2. The SMILES string of the molecule is O=C(NC1CC1)c1ccccc1Oc1nc(Cl)ncc1Br. The fourth-order valence-electron chi connectivity index (χ4n) is 1.74. The topological polar surface area (TPSA) is 64.1 Å². The Hall–Kier alpha value is -1.66. The molecule has 1 aromatic heterocycles.